The van der Waals surface area contributed by atoms with Crippen LogP contribution in [0.15, 0.2) is 36.5 Å². The predicted molar refractivity (Wildman–Crippen MR) is 77.4 cm³/mol. The number of hydrogen-bond donors (Lipinski definition) is 1. The lowest BCUT2D eigenvalue weighted by molar-refractivity contribution is 0.587. The van der Waals surface area contributed by atoms with Crippen LogP contribution < -0.4 is 10.2 Å². The Hall–Kier alpha value is -2.10. The van der Waals surface area contributed by atoms with Crippen LogP contribution in [0.2, 0.25) is 0 Å². The normalized spacial score (nSPS) is 18.0. The average Bonchev–Trinajstić information content (AvgIpc) is 2.46. The van der Waals surface area contributed by atoms with E-state index >= 15 is 0 Å². The molecule has 1 aromatic carbocycles. The third-order valence-corrected chi connectivity index (χ3v) is 3.67. The highest BCUT2D eigenvalue weighted by Crippen LogP contribution is 2.27. The van der Waals surface area contributed by atoms with Gasteiger partial charge in [0.25, 0.3) is 0 Å². The Morgan fingerprint density at radius 3 is 2.79 bits per heavy atom. The fourth-order valence-electron chi connectivity index (χ4n) is 2.62. The van der Waals surface area contributed by atoms with E-state index in [0.717, 1.165) is 18.8 Å². The smallest absolute Gasteiger partial charge is 0.224 e. The van der Waals surface area contributed by atoms with Crippen LogP contribution >= 0.6 is 0 Å². The maximum atomic E-state index is 4.54. The zero-order valence-electron chi connectivity index (χ0n) is 11.3. The first kappa shape index (κ1) is 12.0. The molecule has 0 unspecified atom stereocenters. The number of fused-ring (bicyclic) bond motifs is 1. The van der Waals surface area contributed by atoms with Gasteiger partial charge in [-0.2, -0.15) is 4.98 Å². The van der Waals surface area contributed by atoms with Crippen molar-refractivity contribution < 1.29 is 0 Å². The first-order valence-electron chi connectivity index (χ1n) is 6.62. The summed E-state index contributed by atoms with van der Waals surface area (Å²) >= 11 is 0. The molecule has 1 aromatic heterocycles. The van der Waals surface area contributed by atoms with Crippen LogP contribution in [0, 0.1) is 0 Å². The predicted octanol–water partition coefficient (Wildman–Crippen LogP) is 2.47. The van der Waals surface area contributed by atoms with Crippen LogP contribution in [-0.2, 0) is 13.0 Å². The topological polar surface area (TPSA) is 41.1 Å². The number of benzene rings is 1. The minimum absolute atomic E-state index is 0.453. The molecule has 0 aliphatic carbocycles. The number of rotatable bonds is 2. The van der Waals surface area contributed by atoms with Gasteiger partial charge in [0.2, 0.25) is 5.95 Å². The summed E-state index contributed by atoms with van der Waals surface area (Å²) in [5.41, 5.74) is 2.85. The van der Waals surface area contributed by atoms with Crippen LogP contribution in [0.4, 0.5) is 11.8 Å². The van der Waals surface area contributed by atoms with Crippen molar-refractivity contribution in [1.29, 1.82) is 0 Å². The Morgan fingerprint density at radius 2 is 2.00 bits per heavy atom. The summed E-state index contributed by atoms with van der Waals surface area (Å²) in [5.74, 6) is 1.66. The zero-order valence-corrected chi connectivity index (χ0v) is 11.3. The Labute approximate surface area is 113 Å². The fraction of sp³-hybridized carbons (Fsp3) is 0.333. The van der Waals surface area contributed by atoms with Crippen LogP contribution in [-0.4, -0.2) is 23.1 Å². The molecule has 0 radical (unpaired) electrons. The van der Waals surface area contributed by atoms with Crippen molar-refractivity contribution in [3.05, 3.63) is 47.7 Å². The number of anilines is 2. The Balaban J connectivity index is 1.93. The molecule has 2 aromatic rings. The minimum Gasteiger partial charge on any atom is -0.357 e. The molecule has 0 saturated carbocycles. The molecule has 1 aliphatic rings. The van der Waals surface area contributed by atoms with Gasteiger partial charge >= 0.3 is 0 Å². The van der Waals surface area contributed by atoms with E-state index in [-0.39, 0.29) is 0 Å². The van der Waals surface area contributed by atoms with Gasteiger partial charge in [0.05, 0.1) is 0 Å². The van der Waals surface area contributed by atoms with Gasteiger partial charge in [-0.15, -0.1) is 0 Å². The molecule has 0 amide bonds. The molecule has 1 N–H and O–H groups in total. The van der Waals surface area contributed by atoms with Gasteiger partial charge in [-0.1, -0.05) is 24.3 Å². The zero-order chi connectivity index (χ0) is 13.2. The van der Waals surface area contributed by atoms with Gasteiger partial charge in [-0.05, 0) is 30.5 Å². The lowest BCUT2D eigenvalue weighted by Gasteiger charge is -2.35. The molecule has 2 heterocycles. The second-order valence-corrected chi connectivity index (χ2v) is 4.94. The maximum absolute atomic E-state index is 4.54. The molecular weight excluding hydrogens is 236 g/mol. The Kier molecular flexibility index (Phi) is 3.07. The van der Waals surface area contributed by atoms with Gasteiger partial charge in [0.1, 0.15) is 5.82 Å². The molecule has 4 nitrogen and oxygen atoms in total. The van der Waals surface area contributed by atoms with E-state index in [9.17, 15) is 0 Å². The first-order valence-corrected chi connectivity index (χ1v) is 6.62. The van der Waals surface area contributed by atoms with Gasteiger partial charge < -0.3 is 10.2 Å². The molecule has 0 spiro atoms. The average molecular weight is 254 g/mol. The third-order valence-electron chi connectivity index (χ3n) is 3.67. The number of aromatic nitrogens is 2. The van der Waals surface area contributed by atoms with E-state index < -0.39 is 0 Å². The quantitative estimate of drug-likeness (QED) is 0.894. The molecule has 0 fully saturated rings. The highest BCUT2D eigenvalue weighted by Gasteiger charge is 2.23. The number of hydrogen-bond acceptors (Lipinski definition) is 4. The van der Waals surface area contributed by atoms with Crippen molar-refractivity contribution in [2.24, 2.45) is 0 Å². The van der Waals surface area contributed by atoms with Gasteiger partial charge in [0, 0.05) is 25.8 Å². The highest BCUT2D eigenvalue weighted by molar-refractivity contribution is 5.47. The lowest BCUT2D eigenvalue weighted by Crippen LogP contribution is -2.39. The third kappa shape index (κ3) is 2.26. The van der Waals surface area contributed by atoms with E-state index in [0.29, 0.717) is 12.0 Å². The summed E-state index contributed by atoms with van der Waals surface area (Å²) in [6.07, 6.45) is 2.87. The van der Waals surface area contributed by atoms with Gasteiger partial charge in [-0.3, -0.25) is 0 Å². The summed E-state index contributed by atoms with van der Waals surface area (Å²) in [6, 6.07) is 11.1. The van der Waals surface area contributed by atoms with E-state index in [1.54, 1.807) is 6.20 Å². The summed E-state index contributed by atoms with van der Waals surface area (Å²) < 4.78 is 0. The summed E-state index contributed by atoms with van der Waals surface area (Å²) in [7, 11) is 1.84. The van der Waals surface area contributed by atoms with Crippen LogP contribution in [0.1, 0.15) is 18.1 Å². The van der Waals surface area contributed by atoms with Crippen molar-refractivity contribution in [1.82, 2.24) is 9.97 Å². The molecule has 98 valence electrons. The highest BCUT2D eigenvalue weighted by atomic mass is 15.2. The summed E-state index contributed by atoms with van der Waals surface area (Å²) in [5, 5.41) is 2.99. The molecule has 19 heavy (non-hydrogen) atoms. The molecule has 3 rings (SSSR count). The maximum Gasteiger partial charge on any atom is 0.224 e. The monoisotopic (exact) mass is 254 g/mol. The summed E-state index contributed by atoms with van der Waals surface area (Å²) in [4.78, 5) is 11.1. The number of nitrogens with one attached hydrogen (secondary N) is 1. The van der Waals surface area contributed by atoms with Crippen LogP contribution in [0.5, 0.6) is 0 Å². The van der Waals surface area contributed by atoms with Gasteiger partial charge in [-0.25, -0.2) is 4.98 Å². The fourth-order valence-corrected chi connectivity index (χ4v) is 2.62. The van der Waals surface area contributed by atoms with E-state index in [2.05, 4.69) is 51.4 Å². The molecule has 1 atom stereocenters. The van der Waals surface area contributed by atoms with Crippen molar-refractivity contribution in [2.45, 2.75) is 25.9 Å². The molecule has 4 heteroatoms. The molecule has 1 aliphatic heterocycles. The second kappa shape index (κ2) is 4.88. The first-order chi connectivity index (χ1) is 9.28. The van der Waals surface area contributed by atoms with E-state index in [1.807, 2.05) is 13.1 Å². The van der Waals surface area contributed by atoms with Crippen molar-refractivity contribution in [3.8, 4) is 0 Å². The molecule has 0 bridgehead atoms. The Morgan fingerprint density at radius 1 is 1.21 bits per heavy atom. The van der Waals surface area contributed by atoms with Crippen LogP contribution in [0.25, 0.3) is 0 Å². The number of nitrogens with zero attached hydrogens (tertiary/aromatic N) is 3. The van der Waals surface area contributed by atoms with E-state index in [4.69, 9.17) is 0 Å². The summed E-state index contributed by atoms with van der Waals surface area (Å²) in [6.45, 7) is 3.16. The second-order valence-electron chi connectivity index (χ2n) is 4.94. The van der Waals surface area contributed by atoms with E-state index in [1.165, 1.54) is 11.1 Å². The van der Waals surface area contributed by atoms with Gasteiger partial charge in [0.15, 0.2) is 0 Å². The molecule has 0 saturated heterocycles. The largest absolute Gasteiger partial charge is 0.357 e. The standard InChI is InChI=1S/C15H18N4/c1-11-9-12-5-3-4-6-13(12)10-19(11)14-7-8-17-15(16-2)18-14/h3-8,11H,9-10H2,1-2H3,(H,16,17,18)/t11-/m1/s1. The van der Waals surface area contributed by atoms with Crippen molar-refractivity contribution in [2.75, 3.05) is 17.3 Å². The van der Waals surface area contributed by atoms with Crippen LogP contribution in [0.3, 0.4) is 0 Å². The lowest BCUT2D eigenvalue weighted by atomic mass is 9.95. The van der Waals surface area contributed by atoms with Crippen molar-refractivity contribution >= 4 is 11.8 Å². The molecular formula is C15H18N4. The van der Waals surface area contributed by atoms with Crippen molar-refractivity contribution in [3.63, 3.8) is 0 Å². The minimum atomic E-state index is 0.453. The SMILES string of the molecule is CNc1nccc(N2Cc3ccccc3C[C@H]2C)n1. The Bertz CT molecular complexity index is 582.